The van der Waals surface area contributed by atoms with Gasteiger partial charge in [0.2, 0.25) is 6.54 Å². The van der Waals surface area contributed by atoms with Gasteiger partial charge in [0.25, 0.3) is 5.91 Å². The maximum absolute atomic E-state index is 12.3. The Hall–Kier alpha value is -2.36. The van der Waals surface area contributed by atoms with Crippen LogP contribution in [0, 0.1) is 0 Å². The fraction of sp³-hybridized carbons (Fsp3) is 0.0526. The summed E-state index contributed by atoms with van der Waals surface area (Å²) in [5.41, 5.74) is 2.58. The molecule has 0 aliphatic carbocycles. The Morgan fingerprint density at radius 3 is 2.25 bits per heavy atom. The minimum absolute atomic E-state index is 0.169. The minimum atomic E-state index is -0.194. The number of anilines is 1. The molecule has 0 radical (unpaired) electrons. The number of pyridine rings is 1. The van der Waals surface area contributed by atoms with Crippen LogP contribution >= 0.6 is 23.2 Å². The van der Waals surface area contributed by atoms with Gasteiger partial charge in [-0.1, -0.05) is 59.6 Å². The Bertz CT molecular complexity index is 846. The zero-order valence-electron chi connectivity index (χ0n) is 12.7. The van der Waals surface area contributed by atoms with E-state index >= 15 is 0 Å². The highest BCUT2D eigenvalue weighted by Gasteiger charge is 2.14. The molecule has 1 heterocycles. The van der Waals surface area contributed by atoms with E-state index in [1.807, 2.05) is 59.4 Å². The summed E-state index contributed by atoms with van der Waals surface area (Å²) in [6, 6.07) is 19.0. The van der Waals surface area contributed by atoms with E-state index in [1.54, 1.807) is 18.2 Å². The standard InChI is InChI=1S/C19H14Cl2N2O/c20-16-9-4-10-17(21)19(16)22-18(24)13-23-11-5-8-15(12-23)14-6-2-1-3-7-14/h1-12H,13H2/p+1. The Balaban J connectivity index is 1.76. The summed E-state index contributed by atoms with van der Waals surface area (Å²) < 4.78 is 1.82. The first-order chi connectivity index (χ1) is 11.6. The van der Waals surface area contributed by atoms with E-state index in [9.17, 15) is 4.79 Å². The lowest BCUT2D eigenvalue weighted by atomic mass is 10.1. The number of carbonyl (C=O) groups is 1. The molecule has 0 bridgehead atoms. The molecule has 0 spiro atoms. The first-order valence-corrected chi connectivity index (χ1v) is 8.17. The molecule has 120 valence electrons. The summed E-state index contributed by atoms with van der Waals surface area (Å²) in [5, 5.41) is 3.59. The average Bonchev–Trinajstić information content (AvgIpc) is 2.59. The van der Waals surface area contributed by atoms with Crippen molar-refractivity contribution in [3.8, 4) is 11.1 Å². The monoisotopic (exact) mass is 357 g/mol. The van der Waals surface area contributed by atoms with Crippen LogP contribution in [0.1, 0.15) is 0 Å². The second kappa shape index (κ2) is 7.47. The number of carbonyl (C=O) groups excluding carboxylic acids is 1. The van der Waals surface area contributed by atoms with Gasteiger partial charge in [0.1, 0.15) is 0 Å². The van der Waals surface area contributed by atoms with E-state index in [1.165, 1.54) is 0 Å². The lowest BCUT2D eigenvalue weighted by Crippen LogP contribution is -2.39. The van der Waals surface area contributed by atoms with Crippen molar-refractivity contribution in [2.45, 2.75) is 6.54 Å². The summed E-state index contributed by atoms with van der Waals surface area (Å²) in [4.78, 5) is 12.3. The number of rotatable bonds is 4. The van der Waals surface area contributed by atoms with Gasteiger partial charge in [0.05, 0.1) is 15.7 Å². The predicted octanol–water partition coefficient (Wildman–Crippen LogP) is 4.59. The third-order valence-corrected chi connectivity index (χ3v) is 4.15. The van der Waals surface area contributed by atoms with Crippen LogP contribution in [-0.2, 0) is 11.3 Å². The molecule has 2 aromatic carbocycles. The summed E-state index contributed by atoms with van der Waals surface area (Å²) in [6.45, 7) is 0.169. The molecule has 24 heavy (non-hydrogen) atoms. The van der Waals surface area contributed by atoms with Crippen LogP contribution < -0.4 is 9.88 Å². The van der Waals surface area contributed by atoms with Crippen molar-refractivity contribution in [2.75, 3.05) is 5.32 Å². The molecular weight excluding hydrogens is 343 g/mol. The fourth-order valence-corrected chi connectivity index (χ4v) is 2.88. The second-order valence-electron chi connectivity index (χ2n) is 5.28. The van der Waals surface area contributed by atoms with Gasteiger partial charge in [0, 0.05) is 11.6 Å². The molecule has 1 aromatic heterocycles. The Morgan fingerprint density at radius 1 is 0.875 bits per heavy atom. The van der Waals surface area contributed by atoms with Crippen LogP contribution in [0.5, 0.6) is 0 Å². The maximum Gasteiger partial charge on any atom is 0.290 e. The van der Waals surface area contributed by atoms with Crippen LogP contribution in [-0.4, -0.2) is 5.91 Å². The first kappa shape index (κ1) is 16.5. The summed E-state index contributed by atoms with van der Waals surface area (Å²) >= 11 is 12.2. The predicted molar refractivity (Wildman–Crippen MR) is 97.2 cm³/mol. The third kappa shape index (κ3) is 3.94. The van der Waals surface area contributed by atoms with E-state index in [2.05, 4.69) is 5.32 Å². The number of hydrogen-bond acceptors (Lipinski definition) is 1. The van der Waals surface area contributed by atoms with Crippen molar-refractivity contribution in [2.24, 2.45) is 0 Å². The zero-order chi connectivity index (χ0) is 16.9. The molecule has 1 N–H and O–H groups in total. The summed E-state index contributed by atoms with van der Waals surface area (Å²) in [6.07, 6.45) is 3.78. The molecule has 0 saturated carbocycles. The van der Waals surface area contributed by atoms with Crippen molar-refractivity contribution < 1.29 is 9.36 Å². The van der Waals surface area contributed by atoms with E-state index in [0.29, 0.717) is 15.7 Å². The van der Waals surface area contributed by atoms with Crippen molar-refractivity contribution in [1.29, 1.82) is 0 Å². The van der Waals surface area contributed by atoms with Crippen LogP contribution in [0.2, 0.25) is 10.0 Å². The van der Waals surface area contributed by atoms with E-state index in [0.717, 1.165) is 11.1 Å². The smallest absolute Gasteiger partial charge is 0.290 e. The molecule has 0 unspecified atom stereocenters. The molecule has 0 aliphatic heterocycles. The lowest BCUT2D eigenvalue weighted by Gasteiger charge is -2.07. The van der Waals surface area contributed by atoms with Crippen molar-refractivity contribution >= 4 is 34.8 Å². The third-order valence-electron chi connectivity index (χ3n) is 3.52. The van der Waals surface area contributed by atoms with Gasteiger partial charge >= 0.3 is 0 Å². The lowest BCUT2D eigenvalue weighted by molar-refractivity contribution is -0.683. The minimum Gasteiger partial charge on any atom is -0.318 e. The van der Waals surface area contributed by atoms with E-state index in [-0.39, 0.29) is 12.5 Å². The Morgan fingerprint density at radius 2 is 1.54 bits per heavy atom. The maximum atomic E-state index is 12.3. The highest BCUT2D eigenvalue weighted by atomic mass is 35.5. The molecule has 3 nitrogen and oxygen atoms in total. The molecule has 5 heteroatoms. The van der Waals surface area contributed by atoms with Gasteiger partial charge in [-0.3, -0.25) is 4.79 Å². The van der Waals surface area contributed by atoms with Crippen LogP contribution in [0.3, 0.4) is 0 Å². The average molecular weight is 358 g/mol. The number of hydrogen-bond donors (Lipinski definition) is 1. The van der Waals surface area contributed by atoms with Crippen molar-refractivity contribution in [1.82, 2.24) is 0 Å². The van der Waals surface area contributed by atoms with Gasteiger partial charge in [0.15, 0.2) is 12.4 Å². The number of halogens is 2. The largest absolute Gasteiger partial charge is 0.318 e. The number of para-hydroxylation sites is 1. The van der Waals surface area contributed by atoms with Crippen molar-refractivity contribution in [3.05, 3.63) is 83.1 Å². The zero-order valence-corrected chi connectivity index (χ0v) is 14.3. The second-order valence-corrected chi connectivity index (χ2v) is 6.09. The van der Waals surface area contributed by atoms with E-state index < -0.39 is 0 Å². The number of aromatic nitrogens is 1. The Kier molecular flexibility index (Phi) is 5.14. The molecule has 3 aromatic rings. The molecule has 0 aliphatic rings. The van der Waals surface area contributed by atoms with E-state index in [4.69, 9.17) is 23.2 Å². The van der Waals surface area contributed by atoms with Gasteiger partial charge in [-0.15, -0.1) is 0 Å². The molecule has 0 fully saturated rings. The number of amides is 1. The normalized spacial score (nSPS) is 10.4. The number of nitrogens with one attached hydrogen (secondary N) is 1. The molecule has 0 atom stereocenters. The molecule has 1 amide bonds. The fourth-order valence-electron chi connectivity index (χ4n) is 2.38. The van der Waals surface area contributed by atoms with Gasteiger partial charge < -0.3 is 5.32 Å². The van der Waals surface area contributed by atoms with Gasteiger partial charge in [-0.05, 0) is 23.8 Å². The highest BCUT2D eigenvalue weighted by molar-refractivity contribution is 6.39. The van der Waals surface area contributed by atoms with Crippen molar-refractivity contribution in [3.63, 3.8) is 0 Å². The summed E-state index contributed by atoms with van der Waals surface area (Å²) in [5.74, 6) is -0.194. The molecular formula is C19H15Cl2N2O+. The first-order valence-electron chi connectivity index (χ1n) is 7.42. The Labute approximate surface area is 150 Å². The van der Waals surface area contributed by atoms with Gasteiger partial charge in [-0.2, -0.15) is 4.57 Å². The quantitative estimate of drug-likeness (QED) is 0.680. The van der Waals surface area contributed by atoms with Crippen LogP contribution in [0.25, 0.3) is 11.1 Å². The summed E-state index contributed by atoms with van der Waals surface area (Å²) in [7, 11) is 0. The highest BCUT2D eigenvalue weighted by Crippen LogP contribution is 2.29. The number of benzene rings is 2. The molecule has 3 rings (SSSR count). The van der Waals surface area contributed by atoms with Crippen LogP contribution in [0.15, 0.2) is 73.1 Å². The SMILES string of the molecule is O=C(C[n+]1cccc(-c2ccccc2)c1)Nc1c(Cl)cccc1Cl. The molecule has 0 saturated heterocycles. The topological polar surface area (TPSA) is 33.0 Å². The number of nitrogens with zero attached hydrogens (tertiary/aromatic N) is 1. The van der Waals surface area contributed by atoms with Crippen LogP contribution in [0.4, 0.5) is 5.69 Å². The van der Waals surface area contributed by atoms with Gasteiger partial charge in [-0.25, -0.2) is 0 Å².